The van der Waals surface area contributed by atoms with Gasteiger partial charge >= 0.3 is 6.18 Å². The highest BCUT2D eigenvalue weighted by Crippen LogP contribution is 2.32. The molecular weight excluding hydrogens is 411 g/mol. The Morgan fingerprint density at radius 3 is 2.50 bits per heavy atom. The van der Waals surface area contributed by atoms with Crippen LogP contribution in [-0.4, -0.2) is 42.1 Å². The summed E-state index contributed by atoms with van der Waals surface area (Å²) in [6, 6.07) is 6.41. The maximum Gasteiger partial charge on any atom is 0.433 e. The van der Waals surface area contributed by atoms with Gasteiger partial charge in [-0.3, -0.25) is 0 Å². The molecule has 0 saturated heterocycles. The third kappa shape index (κ3) is 6.14. The van der Waals surface area contributed by atoms with E-state index in [0.29, 0.717) is 12.2 Å². The maximum absolute atomic E-state index is 13.2. The monoisotopic (exact) mass is 431 g/mol. The van der Waals surface area contributed by atoms with Crippen LogP contribution in [0.1, 0.15) is 17.7 Å². The Morgan fingerprint density at radius 1 is 1.15 bits per heavy atom. The third-order valence-electron chi connectivity index (χ3n) is 3.47. The summed E-state index contributed by atoms with van der Waals surface area (Å²) in [6.45, 7) is 3.22. The van der Waals surface area contributed by atoms with E-state index in [-0.39, 0.29) is 11.8 Å². The van der Waals surface area contributed by atoms with Crippen LogP contribution >= 0.6 is 15.9 Å². The van der Waals surface area contributed by atoms with Gasteiger partial charge in [-0.1, -0.05) is 6.07 Å². The summed E-state index contributed by atoms with van der Waals surface area (Å²) in [6.07, 6.45) is -3.79. The second kappa shape index (κ2) is 8.68. The zero-order chi connectivity index (χ0) is 19.3. The molecule has 0 unspecified atom stereocenters. The van der Waals surface area contributed by atoms with Gasteiger partial charge < -0.3 is 15.5 Å². The van der Waals surface area contributed by atoms with Crippen LogP contribution in [0.5, 0.6) is 0 Å². The fourth-order valence-corrected chi connectivity index (χ4v) is 2.78. The predicted molar refractivity (Wildman–Crippen MR) is 101 cm³/mol. The Balaban J connectivity index is 2.22. The van der Waals surface area contributed by atoms with Gasteiger partial charge in [0.25, 0.3) is 0 Å². The average molecular weight is 432 g/mol. The number of aryl methyl sites for hydroxylation is 1. The Labute approximate surface area is 159 Å². The molecule has 0 spiro atoms. The van der Waals surface area contributed by atoms with E-state index in [9.17, 15) is 13.2 Å². The van der Waals surface area contributed by atoms with E-state index in [1.807, 2.05) is 38.1 Å². The van der Waals surface area contributed by atoms with Crippen LogP contribution in [0.15, 0.2) is 28.7 Å². The molecule has 142 valence electrons. The second-order valence-corrected chi connectivity index (χ2v) is 7.01. The smallest absolute Gasteiger partial charge is 0.354 e. The summed E-state index contributed by atoms with van der Waals surface area (Å²) < 4.78 is 40.2. The predicted octanol–water partition coefficient (Wildman–Crippen LogP) is 4.67. The van der Waals surface area contributed by atoms with Crippen molar-refractivity contribution in [1.29, 1.82) is 0 Å². The highest BCUT2D eigenvalue weighted by Gasteiger charge is 2.33. The minimum Gasteiger partial charge on any atom is -0.354 e. The van der Waals surface area contributed by atoms with Gasteiger partial charge in [0, 0.05) is 17.1 Å². The molecule has 2 aromatic rings. The number of nitrogens with one attached hydrogen (secondary N) is 2. The summed E-state index contributed by atoms with van der Waals surface area (Å²) in [5, 5.41) is 5.78. The van der Waals surface area contributed by atoms with Crippen molar-refractivity contribution in [2.75, 3.05) is 37.8 Å². The first kappa shape index (κ1) is 20.4. The molecule has 0 fully saturated rings. The summed E-state index contributed by atoms with van der Waals surface area (Å²) in [4.78, 5) is 9.74. The standard InChI is InChI=1S/C17H21BrF3N5/c1-11-5-6-13(12(18)9-11)23-15-10-14(17(19,20)21)24-16(25-15)22-7-4-8-26(2)3/h5-6,9-10H,4,7-8H2,1-3H3,(H2,22,23,24,25). The minimum atomic E-state index is -4.55. The van der Waals surface area contributed by atoms with Gasteiger partial charge in [0.15, 0.2) is 5.69 Å². The molecular formula is C17H21BrF3N5. The Bertz CT molecular complexity index is 750. The largest absolute Gasteiger partial charge is 0.433 e. The molecule has 9 heteroatoms. The van der Waals surface area contributed by atoms with Crippen LogP contribution in [0.3, 0.4) is 0 Å². The van der Waals surface area contributed by atoms with Gasteiger partial charge in [0.05, 0.1) is 5.69 Å². The summed E-state index contributed by atoms with van der Waals surface area (Å²) in [5.74, 6) is 0.0244. The van der Waals surface area contributed by atoms with E-state index in [2.05, 4.69) is 36.5 Å². The first-order valence-corrected chi connectivity index (χ1v) is 8.82. The first-order valence-electron chi connectivity index (χ1n) is 8.03. The van der Waals surface area contributed by atoms with Gasteiger partial charge in [-0.25, -0.2) is 4.98 Å². The molecule has 5 nitrogen and oxygen atoms in total. The van der Waals surface area contributed by atoms with E-state index < -0.39 is 11.9 Å². The molecule has 1 heterocycles. The fourth-order valence-electron chi connectivity index (χ4n) is 2.19. The van der Waals surface area contributed by atoms with Gasteiger partial charge in [-0.15, -0.1) is 0 Å². The number of nitrogens with zero attached hydrogens (tertiary/aromatic N) is 3. The lowest BCUT2D eigenvalue weighted by Gasteiger charge is -2.14. The van der Waals surface area contributed by atoms with Gasteiger partial charge in [0.1, 0.15) is 5.82 Å². The Hall–Kier alpha value is -1.87. The molecule has 2 N–H and O–H groups in total. The van der Waals surface area contributed by atoms with Crippen molar-refractivity contribution in [2.45, 2.75) is 19.5 Å². The van der Waals surface area contributed by atoms with E-state index in [1.54, 1.807) is 6.07 Å². The van der Waals surface area contributed by atoms with Crippen molar-refractivity contribution in [3.63, 3.8) is 0 Å². The molecule has 26 heavy (non-hydrogen) atoms. The fraction of sp³-hybridized carbons (Fsp3) is 0.412. The summed E-state index contributed by atoms with van der Waals surface area (Å²) >= 11 is 3.40. The molecule has 0 amide bonds. The average Bonchev–Trinajstić information content (AvgIpc) is 2.53. The lowest BCUT2D eigenvalue weighted by Crippen LogP contribution is -2.18. The van der Waals surface area contributed by atoms with Crippen molar-refractivity contribution >= 4 is 33.4 Å². The van der Waals surface area contributed by atoms with Crippen molar-refractivity contribution in [1.82, 2.24) is 14.9 Å². The SMILES string of the molecule is Cc1ccc(Nc2cc(C(F)(F)F)nc(NCCCN(C)C)n2)c(Br)c1. The molecule has 1 aromatic carbocycles. The lowest BCUT2D eigenvalue weighted by atomic mass is 10.2. The summed E-state index contributed by atoms with van der Waals surface area (Å²) in [7, 11) is 3.87. The molecule has 2 rings (SSSR count). The van der Waals surface area contributed by atoms with Crippen LogP contribution in [0.2, 0.25) is 0 Å². The van der Waals surface area contributed by atoms with Crippen LogP contribution in [-0.2, 0) is 6.18 Å². The van der Waals surface area contributed by atoms with E-state index in [4.69, 9.17) is 0 Å². The highest BCUT2D eigenvalue weighted by molar-refractivity contribution is 9.10. The van der Waals surface area contributed by atoms with E-state index in [1.165, 1.54) is 0 Å². The third-order valence-corrected chi connectivity index (χ3v) is 4.13. The number of benzene rings is 1. The van der Waals surface area contributed by atoms with Crippen molar-refractivity contribution < 1.29 is 13.2 Å². The normalized spacial score (nSPS) is 11.7. The molecule has 0 aliphatic rings. The topological polar surface area (TPSA) is 53.1 Å². The second-order valence-electron chi connectivity index (χ2n) is 6.15. The number of anilines is 3. The first-order chi connectivity index (χ1) is 12.1. The van der Waals surface area contributed by atoms with Crippen molar-refractivity contribution in [3.05, 3.63) is 40.0 Å². The van der Waals surface area contributed by atoms with Crippen LogP contribution in [0.25, 0.3) is 0 Å². The number of hydrogen-bond donors (Lipinski definition) is 2. The van der Waals surface area contributed by atoms with Crippen LogP contribution in [0, 0.1) is 6.92 Å². The maximum atomic E-state index is 13.2. The highest BCUT2D eigenvalue weighted by atomic mass is 79.9. The number of rotatable bonds is 7. The molecule has 0 radical (unpaired) electrons. The molecule has 0 saturated carbocycles. The van der Waals surface area contributed by atoms with Crippen molar-refractivity contribution in [2.24, 2.45) is 0 Å². The number of hydrogen-bond acceptors (Lipinski definition) is 5. The number of halogens is 4. The molecule has 1 aromatic heterocycles. The molecule has 0 aliphatic heterocycles. The minimum absolute atomic E-state index is 0.0516. The molecule has 0 atom stereocenters. The quantitative estimate of drug-likeness (QED) is 0.623. The molecule has 0 aliphatic carbocycles. The number of aromatic nitrogens is 2. The van der Waals surface area contributed by atoms with Crippen molar-refractivity contribution in [3.8, 4) is 0 Å². The van der Waals surface area contributed by atoms with Crippen LogP contribution in [0.4, 0.5) is 30.6 Å². The van der Waals surface area contributed by atoms with Gasteiger partial charge in [-0.2, -0.15) is 18.2 Å². The van der Waals surface area contributed by atoms with E-state index in [0.717, 1.165) is 29.1 Å². The summed E-state index contributed by atoms with van der Waals surface area (Å²) in [5.41, 5.74) is 0.665. The molecule has 0 bridgehead atoms. The zero-order valence-corrected chi connectivity index (χ0v) is 16.4. The Morgan fingerprint density at radius 2 is 1.88 bits per heavy atom. The van der Waals surface area contributed by atoms with Gasteiger partial charge in [-0.05, 0) is 67.6 Å². The number of alkyl halides is 3. The lowest BCUT2D eigenvalue weighted by molar-refractivity contribution is -0.141. The van der Waals surface area contributed by atoms with Crippen LogP contribution < -0.4 is 10.6 Å². The van der Waals surface area contributed by atoms with E-state index >= 15 is 0 Å². The Kier molecular flexibility index (Phi) is 6.82. The van der Waals surface area contributed by atoms with Gasteiger partial charge in [0.2, 0.25) is 5.95 Å². The zero-order valence-electron chi connectivity index (χ0n) is 14.8.